The molecule has 73 heavy (non-hydrogen) atoms. The molecule has 0 aliphatic heterocycles. The second-order valence-corrected chi connectivity index (χ2v) is 15.6. The molecule has 0 saturated heterocycles. The summed E-state index contributed by atoms with van der Waals surface area (Å²) in [6.45, 7) is 0. The average Bonchev–Trinajstić information content (AvgIpc) is 4.04. The minimum atomic E-state index is -0.764. The first-order chi connectivity index (χ1) is 35.1. The van der Waals surface area contributed by atoms with Crippen LogP contribution in [0.4, 0.5) is 11.4 Å². The number of benzene rings is 4. The summed E-state index contributed by atoms with van der Waals surface area (Å²) in [5.74, 6) is -1.53. The van der Waals surface area contributed by atoms with Gasteiger partial charge in [-0.15, -0.1) is 0 Å². The predicted molar refractivity (Wildman–Crippen MR) is 283 cm³/mol. The molecule has 0 bridgehead atoms. The summed E-state index contributed by atoms with van der Waals surface area (Å²) >= 11 is 6.79. The molecule has 6 aromatic heterocycles. The zero-order chi connectivity index (χ0) is 51.2. The van der Waals surface area contributed by atoms with Crippen molar-refractivity contribution in [2.45, 2.75) is 0 Å². The molecular formula is C52H40Br2N12NiO6. The van der Waals surface area contributed by atoms with Crippen LogP contribution in [0.5, 0.6) is 0 Å². The summed E-state index contributed by atoms with van der Waals surface area (Å²) in [6.07, 6.45) is 20.3. The third-order valence-corrected chi connectivity index (χ3v) is 9.96. The molecule has 0 aliphatic rings. The van der Waals surface area contributed by atoms with Gasteiger partial charge in [0.1, 0.15) is 0 Å². The number of hydrogen-bond acceptors (Lipinski definition) is 14. The van der Waals surface area contributed by atoms with Gasteiger partial charge in [-0.25, -0.2) is 0 Å². The Labute approximate surface area is 444 Å². The quantitative estimate of drug-likeness (QED) is 0.0478. The fourth-order valence-electron chi connectivity index (χ4n) is 5.72. The smallest absolute Gasteiger partial charge is 0.857 e. The number of nitro groups is 2. The Morgan fingerprint density at radius 3 is 1.05 bits per heavy atom. The number of nitro benzene ring substituents is 2. The maximum absolute atomic E-state index is 12.0. The van der Waals surface area contributed by atoms with E-state index in [0.29, 0.717) is 0 Å². The Kier molecular flexibility index (Phi) is 24.9. The standard InChI is InChI=1S/2C16H11BrN4O3.4C5H5N.Ni/c2*17-11-5-6-14-13(7-11)10(8-18-14)9-19-20-16(22)12-3-1-2-4-15(12)21(23)24;4*1-2-4-6-5-3-1;/h2*1-9,18H,(H,20,22);4*1-5H;/q;;;;;;+2/p-2/b2*19-9-;;;;;. The molecular weight excluding hydrogens is 1110 g/mol. The summed E-state index contributed by atoms with van der Waals surface area (Å²) in [5, 5.41) is 62.3. The van der Waals surface area contributed by atoms with Crippen LogP contribution in [-0.4, -0.2) is 64.0 Å². The maximum atomic E-state index is 12.0. The molecule has 0 radical (unpaired) electrons. The van der Waals surface area contributed by atoms with Gasteiger partial charge in [0.05, 0.1) is 33.4 Å². The molecule has 368 valence electrons. The molecule has 0 aliphatic carbocycles. The molecule has 10 aromatic rings. The average molecular weight is 1150 g/mol. The third kappa shape index (κ3) is 19.8. The monoisotopic (exact) mass is 1140 g/mol. The van der Waals surface area contributed by atoms with Crippen LogP contribution < -0.4 is 10.2 Å². The van der Waals surface area contributed by atoms with E-state index < -0.39 is 21.6 Å². The summed E-state index contributed by atoms with van der Waals surface area (Å²) in [7, 11) is 0. The van der Waals surface area contributed by atoms with Crippen LogP contribution in [-0.2, 0) is 16.5 Å². The number of aromatic nitrogens is 6. The van der Waals surface area contributed by atoms with Crippen LogP contribution in [0.25, 0.3) is 21.8 Å². The fourth-order valence-corrected chi connectivity index (χ4v) is 6.44. The largest absolute Gasteiger partial charge is 2.00 e. The van der Waals surface area contributed by atoms with Crippen molar-refractivity contribution in [1.29, 1.82) is 0 Å². The van der Waals surface area contributed by atoms with Gasteiger partial charge in [0.15, 0.2) is 0 Å². The Morgan fingerprint density at radius 1 is 0.466 bits per heavy atom. The van der Waals surface area contributed by atoms with Crippen molar-refractivity contribution in [2.75, 3.05) is 0 Å². The van der Waals surface area contributed by atoms with E-state index in [1.54, 1.807) is 62.0 Å². The molecule has 6 heterocycles. The number of fused-ring (bicyclic) bond motifs is 2. The fraction of sp³-hybridized carbons (Fsp3) is 0. The Morgan fingerprint density at radius 2 is 0.781 bits per heavy atom. The van der Waals surface area contributed by atoms with Crippen molar-refractivity contribution in [3.63, 3.8) is 0 Å². The second-order valence-electron chi connectivity index (χ2n) is 13.8. The number of aromatic amines is 2. The van der Waals surface area contributed by atoms with E-state index in [-0.39, 0.29) is 39.0 Å². The molecule has 0 fully saturated rings. The molecule has 0 amide bonds. The van der Waals surface area contributed by atoms with E-state index in [1.807, 2.05) is 109 Å². The van der Waals surface area contributed by atoms with E-state index in [0.717, 1.165) is 41.9 Å². The van der Waals surface area contributed by atoms with Crippen molar-refractivity contribution < 1.29 is 36.6 Å². The van der Waals surface area contributed by atoms with Gasteiger partial charge in [-0.2, -0.15) is 20.4 Å². The molecule has 0 spiro atoms. The topological polar surface area (TPSA) is 265 Å². The first-order valence-corrected chi connectivity index (χ1v) is 22.7. The first-order valence-electron chi connectivity index (χ1n) is 21.1. The number of rotatable bonds is 8. The Balaban J connectivity index is 0.000000216. The minimum Gasteiger partial charge on any atom is -0.857 e. The summed E-state index contributed by atoms with van der Waals surface area (Å²) in [6, 6.07) is 45.6. The number of pyridine rings is 4. The SMILES string of the molecule is O=[N+]([O-])c1ccccc1/C([O-])=N/N=C\c1c[nH]c2ccc(Br)cc12.O=[N+]([O-])c1ccccc1/C([O-])=N/N=C\c1c[nH]c2ccc(Br)cc12.[Ni+2].c1ccncc1.c1ccncc1.c1ccncc1.c1ccncc1. The van der Waals surface area contributed by atoms with Gasteiger partial charge in [-0.3, -0.25) is 40.2 Å². The van der Waals surface area contributed by atoms with Gasteiger partial charge in [0.2, 0.25) is 0 Å². The molecule has 2 N–H and O–H groups in total. The second kappa shape index (κ2) is 32.1. The molecule has 0 atom stereocenters. The van der Waals surface area contributed by atoms with Gasteiger partial charge >= 0.3 is 16.5 Å². The van der Waals surface area contributed by atoms with Crippen molar-refractivity contribution >= 4 is 89.3 Å². The summed E-state index contributed by atoms with van der Waals surface area (Å²) in [5.41, 5.74) is 2.57. The Hall–Kier alpha value is -8.91. The van der Waals surface area contributed by atoms with Crippen molar-refractivity contribution in [3.8, 4) is 0 Å². The number of nitrogens with zero attached hydrogens (tertiary/aromatic N) is 10. The summed E-state index contributed by atoms with van der Waals surface area (Å²) < 4.78 is 1.83. The molecule has 10 rings (SSSR count). The number of H-pyrrole nitrogens is 2. The zero-order valence-electron chi connectivity index (χ0n) is 37.9. The van der Waals surface area contributed by atoms with Crippen molar-refractivity contribution in [2.24, 2.45) is 20.4 Å². The van der Waals surface area contributed by atoms with Crippen LogP contribution in [0.2, 0.25) is 0 Å². The van der Waals surface area contributed by atoms with Crippen molar-refractivity contribution in [3.05, 3.63) is 271 Å². The van der Waals surface area contributed by atoms with Crippen LogP contribution >= 0.6 is 31.9 Å². The normalized spacial score (nSPS) is 10.6. The van der Waals surface area contributed by atoms with Crippen molar-refractivity contribution in [1.82, 2.24) is 29.9 Å². The number of nitrogens with one attached hydrogen (secondary N) is 2. The van der Waals surface area contributed by atoms with Crippen LogP contribution in [0, 0.1) is 20.2 Å². The molecule has 0 saturated carbocycles. The molecule has 18 nitrogen and oxygen atoms in total. The maximum Gasteiger partial charge on any atom is 2.00 e. The van der Waals surface area contributed by atoms with E-state index in [2.05, 4.69) is 82.2 Å². The Bertz CT molecular complexity index is 2940. The zero-order valence-corrected chi connectivity index (χ0v) is 42.1. The van der Waals surface area contributed by atoms with Gasteiger partial charge in [0.25, 0.3) is 11.4 Å². The van der Waals surface area contributed by atoms with Gasteiger partial charge < -0.3 is 20.2 Å². The van der Waals surface area contributed by atoms with Crippen LogP contribution in [0.15, 0.2) is 249 Å². The number of halogens is 2. The van der Waals surface area contributed by atoms with E-state index in [9.17, 15) is 30.4 Å². The van der Waals surface area contributed by atoms with Gasteiger partial charge in [0, 0.05) is 128 Å². The number of hydrogen-bond donors (Lipinski definition) is 2. The number of para-hydroxylation sites is 2. The van der Waals surface area contributed by atoms with Crippen LogP contribution in [0.1, 0.15) is 22.3 Å². The molecule has 0 unspecified atom stereocenters. The molecule has 4 aromatic carbocycles. The van der Waals surface area contributed by atoms with Crippen LogP contribution in [0.3, 0.4) is 0 Å². The molecule has 21 heteroatoms. The van der Waals surface area contributed by atoms with E-state index in [4.69, 9.17) is 0 Å². The van der Waals surface area contributed by atoms with Gasteiger partial charge in [-0.1, -0.05) is 80.4 Å². The van der Waals surface area contributed by atoms with Gasteiger partial charge in [-0.05, 0) is 97.1 Å². The van der Waals surface area contributed by atoms with E-state index >= 15 is 0 Å². The third-order valence-electron chi connectivity index (χ3n) is 8.97. The summed E-state index contributed by atoms with van der Waals surface area (Å²) in [4.78, 5) is 41.9. The minimum absolute atomic E-state index is 0. The first kappa shape index (κ1) is 56.7. The van der Waals surface area contributed by atoms with E-state index in [1.165, 1.54) is 61.0 Å². The predicted octanol–water partition coefficient (Wildman–Crippen LogP) is 10.3.